The number of aromatic nitrogens is 4. The topological polar surface area (TPSA) is 73.1 Å². The molecule has 0 unspecified atom stereocenters. The van der Waals surface area contributed by atoms with Crippen LogP contribution in [0.1, 0.15) is 22.5 Å². The summed E-state index contributed by atoms with van der Waals surface area (Å²) in [5, 5.41) is 8.64. The van der Waals surface area contributed by atoms with Crippen molar-refractivity contribution < 1.29 is 9.53 Å². The van der Waals surface area contributed by atoms with Crippen molar-refractivity contribution in [1.82, 2.24) is 24.9 Å². The van der Waals surface area contributed by atoms with Gasteiger partial charge in [0.1, 0.15) is 17.1 Å². The second kappa shape index (κ2) is 9.08. The molecule has 164 valence electrons. The van der Waals surface area contributed by atoms with Gasteiger partial charge in [0.15, 0.2) is 5.69 Å². The van der Waals surface area contributed by atoms with Crippen LogP contribution in [0.2, 0.25) is 0 Å². The predicted molar refractivity (Wildman–Crippen MR) is 126 cm³/mol. The third-order valence-corrected chi connectivity index (χ3v) is 5.73. The summed E-state index contributed by atoms with van der Waals surface area (Å²) in [4.78, 5) is 19.8. The second-order valence-corrected chi connectivity index (χ2v) is 7.68. The number of ether oxygens (including phenoxy) is 1. The maximum atomic E-state index is 13.6. The maximum absolute atomic E-state index is 13.6. The van der Waals surface area contributed by atoms with Gasteiger partial charge in [0.05, 0.1) is 12.8 Å². The molecule has 0 radical (unpaired) electrons. The highest BCUT2D eigenvalue weighted by Crippen LogP contribution is 2.30. The molecule has 4 aromatic rings. The van der Waals surface area contributed by atoms with Crippen molar-refractivity contribution >= 4 is 11.5 Å². The van der Waals surface area contributed by atoms with Crippen LogP contribution in [0.15, 0.2) is 85.1 Å². The Hall–Kier alpha value is -4.26. The molecule has 0 aliphatic carbocycles. The molecule has 3 heterocycles. The molecule has 33 heavy (non-hydrogen) atoms. The minimum absolute atomic E-state index is 0.167. The van der Waals surface area contributed by atoms with Crippen LogP contribution in [0.25, 0.3) is 22.6 Å². The molecule has 2 aromatic carbocycles. The van der Waals surface area contributed by atoms with Crippen molar-refractivity contribution in [2.45, 2.75) is 6.42 Å². The van der Waals surface area contributed by atoms with Gasteiger partial charge in [-0.15, -0.1) is 5.10 Å². The first-order valence-corrected chi connectivity index (χ1v) is 10.8. The molecule has 1 aliphatic rings. The normalized spacial score (nSPS) is 13.5. The summed E-state index contributed by atoms with van der Waals surface area (Å²) in [5.74, 6) is 0.465. The van der Waals surface area contributed by atoms with Gasteiger partial charge in [-0.05, 0) is 41.8 Å². The van der Waals surface area contributed by atoms with E-state index in [-0.39, 0.29) is 11.6 Å². The Balaban J connectivity index is 1.52. The number of pyridine rings is 1. The molecule has 2 aromatic heterocycles. The highest BCUT2D eigenvalue weighted by atomic mass is 16.5. The summed E-state index contributed by atoms with van der Waals surface area (Å²) in [6, 6.07) is 23.3. The van der Waals surface area contributed by atoms with Gasteiger partial charge in [-0.25, -0.2) is 4.68 Å². The molecule has 0 N–H and O–H groups in total. The van der Waals surface area contributed by atoms with Crippen LogP contribution < -0.4 is 4.74 Å². The summed E-state index contributed by atoms with van der Waals surface area (Å²) in [6.45, 7) is 1.13. The van der Waals surface area contributed by atoms with E-state index in [1.54, 1.807) is 22.9 Å². The lowest BCUT2D eigenvalue weighted by atomic mass is 9.99. The minimum Gasteiger partial charge on any atom is -0.494 e. The molecule has 0 bridgehead atoms. The number of hydrogen-bond acceptors (Lipinski definition) is 5. The molecule has 0 saturated carbocycles. The lowest BCUT2D eigenvalue weighted by Crippen LogP contribution is -2.35. The molecule has 1 amide bonds. The molecule has 0 spiro atoms. The van der Waals surface area contributed by atoms with Gasteiger partial charge in [0.2, 0.25) is 0 Å². The van der Waals surface area contributed by atoms with Gasteiger partial charge in [-0.2, -0.15) is 0 Å². The number of carbonyl (C=O) groups is 1. The third-order valence-electron chi connectivity index (χ3n) is 5.73. The molecular weight excluding hydrogens is 414 g/mol. The highest BCUT2D eigenvalue weighted by molar-refractivity contribution is 5.98. The van der Waals surface area contributed by atoms with Gasteiger partial charge in [0.25, 0.3) is 5.91 Å². The van der Waals surface area contributed by atoms with Gasteiger partial charge < -0.3 is 9.64 Å². The first-order valence-electron chi connectivity index (χ1n) is 10.8. The first kappa shape index (κ1) is 20.6. The van der Waals surface area contributed by atoms with Crippen molar-refractivity contribution in [3.63, 3.8) is 0 Å². The lowest BCUT2D eigenvalue weighted by Gasteiger charge is -2.26. The Morgan fingerprint density at radius 2 is 1.76 bits per heavy atom. The van der Waals surface area contributed by atoms with Gasteiger partial charge in [0, 0.05) is 19.3 Å². The molecule has 0 saturated heterocycles. The number of para-hydroxylation sites is 2. The smallest absolute Gasteiger partial charge is 0.277 e. The summed E-state index contributed by atoms with van der Waals surface area (Å²) < 4.78 is 7.15. The Labute approximate surface area is 192 Å². The van der Waals surface area contributed by atoms with E-state index in [0.717, 1.165) is 6.42 Å². The monoisotopic (exact) mass is 437 g/mol. The van der Waals surface area contributed by atoms with Crippen molar-refractivity contribution in [3.05, 3.63) is 96.3 Å². The minimum atomic E-state index is -0.167. The molecule has 7 nitrogen and oxygen atoms in total. The van der Waals surface area contributed by atoms with Crippen molar-refractivity contribution in [1.29, 1.82) is 0 Å². The van der Waals surface area contributed by atoms with Gasteiger partial charge in [-0.1, -0.05) is 59.8 Å². The zero-order valence-corrected chi connectivity index (χ0v) is 18.3. The van der Waals surface area contributed by atoms with E-state index in [0.29, 0.717) is 35.9 Å². The SMILES string of the molecule is COc1ccccc1-n1nnc(C(=O)N2CC=C(c3ccccc3)CC2)c1-c1ccccn1. The van der Waals surface area contributed by atoms with E-state index < -0.39 is 0 Å². The van der Waals surface area contributed by atoms with E-state index in [1.165, 1.54) is 11.1 Å². The third kappa shape index (κ3) is 4.01. The quantitative estimate of drug-likeness (QED) is 0.466. The summed E-state index contributed by atoms with van der Waals surface area (Å²) in [5.41, 5.74) is 4.58. The number of carbonyl (C=O) groups excluding carboxylic acids is 1. The molecule has 1 aliphatic heterocycles. The number of amides is 1. The Bertz CT molecular complexity index is 1300. The Morgan fingerprint density at radius 1 is 0.970 bits per heavy atom. The number of methoxy groups -OCH3 is 1. The van der Waals surface area contributed by atoms with E-state index in [1.807, 2.05) is 60.7 Å². The fraction of sp³-hybridized carbons (Fsp3) is 0.154. The predicted octanol–water partition coefficient (Wildman–Crippen LogP) is 4.27. The zero-order chi connectivity index (χ0) is 22.6. The fourth-order valence-corrected chi connectivity index (χ4v) is 4.05. The number of hydrogen-bond donors (Lipinski definition) is 0. The van der Waals surface area contributed by atoms with Crippen LogP contribution >= 0.6 is 0 Å². The molecule has 7 heteroatoms. The van der Waals surface area contributed by atoms with Crippen LogP contribution in [-0.4, -0.2) is 51.0 Å². The van der Waals surface area contributed by atoms with Crippen molar-refractivity contribution in [3.8, 4) is 22.8 Å². The zero-order valence-electron chi connectivity index (χ0n) is 18.3. The molecule has 0 atom stereocenters. The van der Waals surface area contributed by atoms with Crippen LogP contribution in [0, 0.1) is 0 Å². The lowest BCUT2D eigenvalue weighted by molar-refractivity contribution is 0.0767. The number of nitrogens with zero attached hydrogens (tertiary/aromatic N) is 5. The van der Waals surface area contributed by atoms with E-state index in [4.69, 9.17) is 4.74 Å². The summed E-state index contributed by atoms with van der Waals surface area (Å²) in [6.07, 6.45) is 4.59. The fourth-order valence-electron chi connectivity index (χ4n) is 4.05. The van der Waals surface area contributed by atoms with Crippen LogP contribution in [0.5, 0.6) is 5.75 Å². The number of benzene rings is 2. The highest BCUT2D eigenvalue weighted by Gasteiger charge is 2.28. The van der Waals surface area contributed by atoms with Crippen LogP contribution in [0.3, 0.4) is 0 Å². The standard InChI is InChI=1S/C26H23N5O2/c1-33-23-13-6-5-12-22(23)31-25(21-11-7-8-16-27-21)24(28-29-31)26(32)30-17-14-20(15-18-30)19-9-3-2-4-10-19/h2-14,16H,15,17-18H2,1H3. The van der Waals surface area contributed by atoms with Crippen molar-refractivity contribution in [2.24, 2.45) is 0 Å². The van der Waals surface area contributed by atoms with Crippen LogP contribution in [-0.2, 0) is 0 Å². The van der Waals surface area contributed by atoms with Gasteiger partial charge in [-0.3, -0.25) is 9.78 Å². The molecule has 5 rings (SSSR count). The van der Waals surface area contributed by atoms with E-state index in [9.17, 15) is 4.79 Å². The molecule has 0 fully saturated rings. The maximum Gasteiger partial charge on any atom is 0.277 e. The largest absolute Gasteiger partial charge is 0.494 e. The summed E-state index contributed by atoms with van der Waals surface area (Å²) in [7, 11) is 1.60. The van der Waals surface area contributed by atoms with E-state index >= 15 is 0 Å². The van der Waals surface area contributed by atoms with Gasteiger partial charge >= 0.3 is 0 Å². The average molecular weight is 438 g/mol. The van der Waals surface area contributed by atoms with E-state index in [2.05, 4.69) is 33.5 Å². The summed E-state index contributed by atoms with van der Waals surface area (Å²) >= 11 is 0. The molecular formula is C26H23N5O2. The van der Waals surface area contributed by atoms with Crippen molar-refractivity contribution in [2.75, 3.05) is 20.2 Å². The first-order chi connectivity index (χ1) is 16.3. The average Bonchev–Trinajstić information content (AvgIpc) is 3.34. The Morgan fingerprint density at radius 3 is 2.48 bits per heavy atom. The Kier molecular flexibility index (Phi) is 5.68. The second-order valence-electron chi connectivity index (χ2n) is 7.68. The number of rotatable bonds is 5. The van der Waals surface area contributed by atoms with Crippen LogP contribution in [0.4, 0.5) is 0 Å².